The van der Waals surface area contributed by atoms with E-state index in [9.17, 15) is 14.0 Å². The quantitative estimate of drug-likeness (QED) is 0.634. The fraction of sp³-hybridized carbons (Fsp3) is 0.227. The van der Waals surface area contributed by atoms with E-state index in [1.807, 2.05) is 0 Å². The minimum absolute atomic E-state index is 0.123. The maximum atomic E-state index is 13.0. The Morgan fingerprint density at radius 3 is 2.77 bits per heavy atom. The number of hydrogen-bond donors (Lipinski definition) is 2. The number of carbonyl (C=O) groups excluding carboxylic acids is 2. The van der Waals surface area contributed by atoms with Gasteiger partial charge in [0.05, 0.1) is 11.6 Å². The van der Waals surface area contributed by atoms with Crippen molar-refractivity contribution in [1.29, 1.82) is 0 Å². The largest absolute Gasteiger partial charge is 0.454 e. The van der Waals surface area contributed by atoms with Crippen molar-refractivity contribution in [2.45, 2.75) is 25.3 Å². The number of amides is 2. The second-order valence-corrected chi connectivity index (χ2v) is 8.37. The van der Waals surface area contributed by atoms with Crippen molar-refractivity contribution in [3.05, 3.63) is 70.0 Å². The standard InChI is InChI=1S/C22H18FN3O4S/c23-14-4-1-12(2-5-14)10-24-21(28)15-6-8-18-19(15)25-22(31-18)26-20(27)13-3-7-16-17(9-13)30-11-29-16/h1-5,7,9,15H,6,8,10-11H2,(H,24,28)(H,25,26,27). The van der Waals surface area contributed by atoms with Gasteiger partial charge in [-0.05, 0) is 48.7 Å². The maximum Gasteiger partial charge on any atom is 0.257 e. The molecule has 2 N–H and O–H groups in total. The Bertz CT molecular complexity index is 1160. The number of fused-ring (bicyclic) bond motifs is 2. The molecule has 0 bridgehead atoms. The molecule has 158 valence electrons. The Kier molecular flexibility index (Phi) is 5.03. The number of halogens is 1. The molecule has 2 amide bonds. The van der Waals surface area contributed by atoms with Gasteiger partial charge in [0.25, 0.3) is 5.91 Å². The van der Waals surface area contributed by atoms with Gasteiger partial charge in [-0.2, -0.15) is 0 Å². The molecule has 7 nitrogen and oxygen atoms in total. The van der Waals surface area contributed by atoms with Crippen molar-refractivity contribution in [2.75, 3.05) is 12.1 Å². The van der Waals surface area contributed by atoms with E-state index in [4.69, 9.17) is 9.47 Å². The first kappa shape index (κ1) is 19.5. The number of aromatic nitrogens is 1. The van der Waals surface area contributed by atoms with Crippen molar-refractivity contribution < 1.29 is 23.5 Å². The van der Waals surface area contributed by atoms with Crippen LogP contribution in [0.5, 0.6) is 11.5 Å². The Balaban J connectivity index is 1.24. The summed E-state index contributed by atoms with van der Waals surface area (Å²) in [4.78, 5) is 30.8. The second kappa shape index (κ2) is 7.99. The Morgan fingerprint density at radius 1 is 1.13 bits per heavy atom. The topological polar surface area (TPSA) is 89.6 Å². The van der Waals surface area contributed by atoms with Gasteiger partial charge in [0, 0.05) is 17.0 Å². The molecule has 1 atom stereocenters. The van der Waals surface area contributed by atoms with Gasteiger partial charge in [-0.15, -0.1) is 11.3 Å². The lowest BCUT2D eigenvalue weighted by Crippen LogP contribution is -2.28. The number of anilines is 1. The van der Waals surface area contributed by atoms with Gasteiger partial charge in [-0.25, -0.2) is 9.37 Å². The van der Waals surface area contributed by atoms with Gasteiger partial charge >= 0.3 is 0 Å². The summed E-state index contributed by atoms with van der Waals surface area (Å²) in [5, 5.41) is 6.16. The molecule has 0 radical (unpaired) electrons. The Labute approximate surface area is 181 Å². The monoisotopic (exact) mass is 439 g/mol. The van der Waals surface area contributed by atoms with Gasteiger partial charge in [-0.1, -0.05) is 12.1 Å². The smallest absolute Gasteiger partial charge is 0.257 e. The van der Waals surface area contributed by atoms with E-state index in [1.165, 1.54) is 23.5 Å². The number of rotatable bonds is 5. The van der Waals surface area contributed by atoms with Crippen LogP contribution in [0.25, 0.3) is 0 Å². The Morgan fingerprint density at radius 2 is 1.94 bits per heavy atom. The van der Waals surface area contributed by atoms with E-state index in [0.29, 0.717) is 40.9 Å². The van der Waals surface area contributed by atoms with Crippen LogP contribution < -0.4 is 20.1 Å². The number of nitrogens with one attached hydrogen (secondary N) is 2. The van der Waals surface area contributed by atoms with Gasteiger partial charge < -0.3 is 14.8 Å². The molecule has 0 saturated carbocycles. The number of nitrogens with zero attached hydrogens (tertiary/aromatic N) is 1. The highest BCUT2D eigenvalue weighted by atomic mass is 32.1. The van der Waals surface area contributed by atoms with Crippen molar-refractivity contribution >= 4 is 28.3 Å². The van der Waals surface area contributed by atoms with Crippen molar-refractivity contribution in [1.82, 2.24) is 10.3 Å². The normalized spacial score (nSPS) is 16.1. The van der Waals surface area contributed by atoms with E-state index < -0.39 is 0 Å². The minimum Gasteiger partial charge on any atom is -0.454 e. The molecule has 31 heavy (non-hydrogen) atoms. The lowest BCUT2D eigenvalue weighted by molar-refractivity contribution is -0.122. The first-order chi connectivity index (χ1) is 15.1. The number of aryl methyl sites for hydroxylation is 1. The number of carbonyl (C=O) groups is 2. The fourth-order valence-corrected chi connectivity index (χ4v) is 4.69. The molecule has 2 aromatic carbocycles. The van der Waals surface area contributed by atoms with Crippen molar-refractivity contribution in [3.8, 4) is 11.5 Å². The highest BCUT2D eigenvalue weighted by molar-refractivity contribution is 7.16. The number of thiazole rings is 1. The molecule has 1 unspecified atom stereocenters. The average molecular weight is 439 g/mol. The highest BCUT2D eigenvalue weighted by Gasteiger charge is 2.32. The van der Waals surface area contributed by atoms with Gasteiger partial charge in [0.15, 0.2) is 16.6 Å². The van der Waals surface area contributed by atoms with E-state index in [2.05, 4.69) is 15.6 Å². The molecule has 9 heteroatoms. The molecule has 3 aromatic rings. The van der Waals surface area contributed by atoms with Crippen molar-refractivity contribution in [2.24, 2.45) is 0 Å². The van der Waals surface area contributed by atoms with E-state index in [0.717, 1.165) is 16.9 Å². The van der Waals surface area contributed by atoms with Gasteiger partial charge in [0.1, 0.15) is 5.82 Å². The number of benzene rings is 2. The van der Waals surface area contributed by atoms with Crippen LogP contribution >= 0.6 is 11.3 Å². The van der Waals surface area contributed by atoms with E-state index >= 15 is 0 Å². The first-order valence-corrected chi connectivity index (χ1v) is 10.6. The summed E-state index contributed by atoms with van der Waals surface area (Å²) in [5.74, 6) is 0.0488. The van der Waals surface area contributed by atoms with Crippen LogP contribution in [0.15, 0.2) is 42.5 Å². The summed E-state index contributed by atoms with van der Waals surface area (Å²) in [5.41, 5.74) is 1.97. The minimum atomic E-state index is -0.358. The van der Waals surface area contributed by atoms with Gasteiger partial charge in [0.2, 0.25) is 12.7 Å². The molecule has 0 spiro atoms. The Hall–Kier alpha value is -3.46. The number of ether oxygens (including phenoxy) is 2. The SMILES string of the molecule is O=C(Nc1nc2c(s1)CCC2C(=O)NCc1ccc(F)cc1)c1ccc2c(c1)OCO2. The summed E-state index contributed by atoms with van der Waals surface area (Å²) in [6, 6.07) is 11.0. The molecular weight excluding hydrogens is 421 g/mol. The summed E-state index contributed by atoms with van der Waals surface area (Å²) < 4.78 is 23.6. The number of hydrogen-bond acceptors (Lipinski definition) is 6. The lowest BCUT2D eigenvalue weighted by Gasteiger charge is -2.11. The predicted octanol–water partition coefficient (Wildman–Crippen LogP) is 3.61. The van der Waals surface area contributed by atoms with E-state index in [1.54, 1.807) is 30.3 Å². The predicted molar refractivity (Wildman–Crippen MR) is 112 cm³/mol. The molecule has 0 saturated heterocycles. The summed E-state index contributed by atoms with van der Waals surface area (Å²) in [6.07, 6.45) is 1.42. The zero-order valence-corrected chi connectivity index (χ0v) is 17.1. The van der Waals surface area contributed by atoms with Crippen LogP contribution in [0.2, 0.25) is 0 Å². The molecule has 2 heterocycles. The molecule has 5 rings (SSSR count). The summed E-state index contributed by atoms with van der Waals surface area (Å²) >= 11 is 1.39. The first-order valence-electron chi connectivity index (χ1n) is 9.79. The van der Waals surface area contributed by atoms with Crippen LogP contribution in [0, 0.1) is 5.82 Å². The third kappa shape index (κ3) is 3.96. The van der Waals surface area contributed by atoms with Gasteiger partial charge in [-0.3, -0.25) is 14.9 Å². The zero-order valence-electron chi connectivity index (χ0n) is 16.3. The third-order valence-electron chi connectivity index (χ3n) is 5.27. The average Bonchev–Trinajstić information content (AvgIpc) is 3.48. The van der Waals surface area contributed by atoms with Crippen LogP contribution in [-0.4, -0.2) is 23.6 Å². The van der Waals surface area contributed by atoms with Crippen LogP contribution in [0.4, 0.5) is 9.52 Å². The highest BCUT2D eigenvalue weighted by Crippen LogP contribution is 2.39. The third-order valence-corrected chi connectivity index (χ3v) is 6.32. The zero-order chi connectivity index (χ0) is 21.4. The molecule has 2 aliphatic rings. The summed E-state index contributed by atoms with van der Waals surface area (Å²) in [7, 11) is 0. The molecule has 1 aromatic heterocycles. The van der Waals surface area contributed by atoms with E-state index in [-0.39, 0.29) is 30.3 Å². The molecule has 0 fully saturated rings. The summed E-state index contributed by atoms with van der Waals surface area (Å²) in [6.45, 7) is 0.465. The van der Waals surface area contributed by atoms with Crippen LogP contribution in [0.1, 0.15) is 38.8 Å². The molecule has 1 aliphatic heterocycles. The van der Waals surface area contributed by atoms with Crippen LogP contribution in [0.3, 0.4) is 0 Å². The molecular formula is C22H18FN3O4S. The lowest BCUT2D eigenvalue weighted by atomic mass is 10.1. The van der Waals surface area contributed by atoms with Crippen molar-refractivity contribution in [3.63, 3.8) is 0 Å². The maximum absolute atomic E-state index is 13.0. The molecule has 1 aliphatic carbocycles. The van der Waals surface area contributed by atoms with Crippen LogP contribution in [-0.2, 0) is 17.8 Å². The second-order valence-electron chi connectivity index (χ2n) is 7.29. The fourth-order valence-electron chi connectivity index (χ4n) is 3.66.